The Balaban J connectivity index is 0.00000400. The number of nitrogens with one attached hydrogen (secondary N) is 1. The van der Waals surface area contributed by atoms with Crippen molar-refractivity contribution in [2.75, 3.05) is 30.7 Å². The molecule has 1 saturated carbocycles. The molecule has 0 amide bonds. The van der Waals surface area contributed by atoms with Crippen LogP contribution in [-0.2, 0) is 21.4 Å². The monoisotopic (exact) mass is 563 g/mol. The summed E-state index contributed by atoms with van der Waals surface area (Å²) in [6, 6.07) is 15.1. The van der Waals surface area contributed by atoms with Crippen molar-refractivity contribution in [2.45, 2.75) is 64.8 Å². The minimum absolute atomic E-state index is 0. The van der Waals surface area contributed by atoms with Crippen LogP contribution in [-0.4, -0.2) is 45.0 Å². The number of oxime groups is 1. The lowest BCUT2D eigenvalue weighted by molar-refractivity contribution is 0.150. The highest BCUT2D eigenvalue weighted by atomic mass is 35.5. The van der Waals surface area contributed by atoms with Crippen LogP contribution >= 0.6 is 12.4 Å². The fraction of sp³-hybridized carbons (Fsp3) is 0.552. The van der Waals surface area contributed by atoms with Crippen molar-refractivity contribution in [3.05, 3.63) is 54.1 Å². The molecule has 7 nitrogen and oxygen atoms in total. The first-order chi connectivity index (χ1) is 17.9. The maximum absolute atomic E-state index is 11.4. The van der Waals surface area contributed by atoms with E-state index in [4.69, 9.17) is 9.57 Å². The van der Waals surface area contributed by atoms with Crippen LogP contribution in [0.2, 0.25) is 0 Å². The number of benzene rings is 2. The molecule has 1 heterocycles. The van der Waals surface area contributed by atoms with Crippen LogP contribution in [0.3, 0.4) is 0 Å². The van der Waals surface area contributed by atoms with Crippen molar-refractivity contribution in [3.8, 4) is 11.5 Å². The summed E-state index contributed by atoms with van der Waals surface area (Å²) in [5.74, 6) is 2.74. The lowest BCUT2D eigenvalue weighted by Crippen LogP contribution is -2.36. The third-order valence-electron chi connectivity index (χ3n) is 7.32. The fourth-order valence-corrected chi connectivity index (χ4v) is 5.96. The molecule has 2 aromatic rings. The van der Waals surface area contributed by atoms with Crippen molar-refractivity contribution in [1.29, 1.82) is 0 Å². The van der Waals surface area contributed by atoms with Gasteiger partial charge in [0.05, 0.1) is 12.0 Å². The van der Waals surface area contributed by atoms with Crippen molar-refractivity contribution < 1.29 is 18.0 Å². The molecule has 1 aliphatic carbocycles. The maximum atomic E-state index is 11.4. The standard InChI is InChI=1S/C29H41N3O4S.ClH/c1-3-35-30-29(21-23-7-5-4-6-8-23)25-17-19-32(20-18-25)22-24-9-13-27(14-10-24)36-28-15-11-26(12-16-28)31-37(2,33)34;/h9-16,23,25,31H,3-8,17-22H2,1-2H3;1H/b30-29-;. The van der Waals surface area contributed by atoms with E-state index in [-0.39, 0.29) is 12.4 Å². The Kier molecular flexibility index (Phi) is 11.7. The van der Waals surface area contributed by atoms with Gasteiger partial charge in [0.1, 0.15) is 18.1 Å². The molecule has 0 radical (unpaired) electrons. The van der Waals surface area contributed by atoms with E-state index in [9.17, 15) is 8.42 Å². The summed E-state index contributed by atoms with van der Waals surface area (Å²) in [7, 11) is -3.29. The van der Waals surface area contributed by atoms with Gasteiger partial charge in [-0.2, -0.15) is 0 Å². The predicted octanol–water partition coefficient (Wildman–Crippen LogP) is 6.85. The van der Waals surface area contributed by atoms with Gasteiger partial charge in [-0.05, 0) is 87.2 Å². The lowest BCUT2D eigenvalue weighted by Gasteiger charge is -2.33. The molecule has 0 aromatic heterocycles. The number of halogens is 1. The van der Waals surface area contributed by atoms with Gasteiger partial charge in [0.25, 0.3) is 0 Å². The van der Waals surface area contributed by atoms with Gasteiger partial charge < -0.3 is 9.57 Å². The molecule has 38 heavy (non-hydrogen) atoms. The minimum Gasteiger partial charge on any atom is -0.457 e. The number of sulfonamides is 1. The van der Waals surface area contributed by atoms with E-state index < -0.39 is 10.0 Å². The van der Waals surface area contributed by atoms with Crippen molar-refractivity contribution in [1.82, 2.24) is 4.90 Å². The Bertz CT molecular complexity index is 1110. The number of anilines is 1. The Morgan fingerprint density at radius 3 is 2.13 bits per heavy atom. The third kappa shape index (κ3) is 9.79. The first-order valence-electron chi connectivity index (χ1n) is 13.6. The van der Waals surface area contributed by atoms with Crippen LogP contribution in [0, 0.1) is 11.8 Å². The van der Waals surface area contributed by atoms with E-state index >= 15 is 0 Å². The first-order valence-corrected chi connectivity index (χ1v) is 15.5. The number of hydrogen-bond acceptors (Lipinski definition) is 6. The van der Waals surface area contributed by atoms with Gasteiger partial charge in [0, 0.05) is 18.2 Å². The highest BCUT2D eigenvalue weighted by Gasteiger charge is 2.26. The summed E-state index contributed by atoms with van der Waals surface area (Å²) in [6.07, 6.45) is 11.3. The molecule has 9 heteroatoms. The summed E-state index contributed by atoms with van der Waals surface area (Å²) >= 11 is 0. The second kappa shape index (κ2) is 14.8. The first kappa shape index (κ1) is 30.3. The highest BCUT2D eigenvalue weighted by molar-refractivity contribution is 7.92. The zero-order chi connectivity index (χ0) is 26.1. The van der Waals surface area contributed by atoms with E-state index in [0.717, 1.165) is 56.8 Å². The molecule has 2 aliphatic rings. The molecule has 1 N–H and O–H groups in total. The van der Waals surface area contributed by atoms with E-state index in [2.05, 4.69) is 26.9 Å². The summed E-state index contributed by atoms with van der Waals surface area (Å²) in [5, 5.41) is 4.59. The van der Waals surface area contributed by atoms with Gasteiger partial charge >= 0.3 is 0 Å². The van der Waals surface area contributed by atoms with Gasteiger partial charge in [-0.15, -0.1) is 12.4 Å². The number of ether oxygens (including phenoxy) is 1. The van der Waals surface area contributed by atoms with E-state index in [1.165, 1.54) is 43.4 Å². The molecule has 0 bridgehead atoms. The minimum atomic E-state index is -3.29. The Labute approximate surface area is 234 Å². The largest absolute Gasteiger partial charge is 0.457 e. The molecule has 2 aromatic carbocycles. The van der Waals surface area contributed by atoms with Gasteiger partial charge in [0.15, 0.2) is 0 Å². The number of hydrogen-bond donors (Lipinski definition) is 1. The van der Waals surface area contributed by atoms with Gasteiger partial charge in [-0.3, -0.25) is 9.62 Å². The molecule has 210 valence electrons. The van der Waals surface area contributed by atoms with E-state index in [1.807, 2.05) is 19.1 Å². The molecule has 1 saturated heterocycles. The van der Waals surface area contributed by atoms with Crippen LogP contribution in [0.4, 0.5) is 5.69 Å². The van der Waals surface area contributed by atoms with Gasteiger partial charge in [-0.25, -0.2) is 8.42 Å². The van der Waals surface area contributed by atoms with Crippen molar-refractivity contribution >= 4 is 33.8 Å². The quantitative estimate of drug-likeness (QED) is 0.239. The molecule has 1 aliphatic heterocycles. The van der Waals surface area contributed by atoms with Crippen LogP contribution in [0.5, 0.6) is 11.5 Å². The fourth-order valence-electron chi connectivity index (χ4n) is 5.40. The molecule has 0 spiro atoms. The van der Waals surface area contributed by atoms with E-state index in [1.54, 1.807) is 24.3 Å². The predicted molar refractivity (Wildman–Crippen MR) is 157 cm³/mol. The number of likely N-dealkylation sites (tertiary alicyclic amines) is 1. The number of nitrogens with zero attached hydrogens (tertiary/aromatic N) is 2. The summed E-state index contributed by atoms with van der Waals surface area (Å²) in [6.45, 7) is 5.73. The zero-order valence-electron chi connectivity index (χ0n) is 22.6. The van der Waals surface area contributed by atoms with Crippen molar-refractivity contribution in [3.63, 3.8) is 0 Å². The topological polar surface area (TPSA) is 80.2 Å². The van der Waals surface area contributed by atoms with Crippen molar-refractivity contribution in [2.24, 2.45) is 17.0 Å². The van der Waals surface area contributed by atoms with Gasteiger partial charge in [-0.1, -0.05) is 49.4 Å². The lowest BCUT2D eigenvalue weighted by atomic mass is 9.81. The molecular weight excluding hydrogens is 522 g/mol. The molecule has 0 atom stereocenters. The number of piperidine rings is 1. The van der Waals surface area contributed by atoms with E-state index in [0.29, 0.717) is 24.0 Å². The third-order valence-corrected chi connectivity index (χ3v) is 7.92. The number of rotatable bonds is 11. The summed E-state index contributed by atoms with van der Waals surface area (Å²) in [5.41, 5.74) is 3.08. The summed E-state index contributed by atoms with van der Waals surface area (Å²) < 4.78 is 31.1. The average Bonchev–Trinajstić information content (AvgIpc) is 2.89. The molecular formula is C29H42ClN3O4S. The van der Waals surface area contributed by atoms with Crippen LogP contribution < -0.4 is 9.46 Å². The maximum Gasteiger partial charge on any atom is 0.229 e. The SMILES string of the molecule is CCO/N=C(/CC1CCCCC1)C1CCN(Cc2ccc(Oc3ccc(NS(C)(=O)=O)cc3)cc2)CC1.Cl. The molecule has 0 unspecified atom stereocenters. The molecule has 2 fully saturated rings. The smallest absolute Gasteiger partial charge is 0.229 e. The Hall–Kier alpha value is -2.29. The second-order valence-corrected chi connectivity index (χ2v) is 12.2. The van der Waals surface area contributed by atoms with Crippen LogP contribution in [0.15, 0.2) is 53.7 Å². The molecule has 4 rings (SSSR count). The van der Waals surface area contributed by atoms with Gasteiger partial charge in [0.2, 0.25) is 10.0 Å². The van der Waals surface area contributed by atoms with Crippen LogP contribution in [0.25, 0.3) is 0 Å². The Morgan fingerprint density at radius 1 is 0.947 bits per heavy atom. The second-order valence-electron chi connectivity index (χ2n) is 10.4. The highest BCUT2D eigenvalue weighted by Crippen LogP contribution is 2.31. The normalized spacial score (nSPS) is 18.0. The van der Waals surface area contributed by atoms with Crippen LogP contribution in [0.1, 0.15) is 63.9 Å². The Morgan fingerprint density at radius 2 is 1.55 bits per heavy atom. The zero-order valence-corrected chi connectivity index (χ0v) is 24.2. The average molecular weight is 564 g/mol. The summed E-state index contributed by atoms with van der Waals surface area (Å²) in [4.78, 5) is 8.05.